The van der Waals surface area contributed by atoms with E-state index in [0.717, 1.165) is 12.0 Å². The van der Waals surface area contributed by atoms with Gasteiger partial charge in [0.1, 0.15) is 11.1 Å². The normalized spacial score (nSPS) is 23.0. The molecule has 140 valence electrons. The van der Waals surface area contributed by atoms with E-state index < -0.39 is 23.6 Å². The first-order valence-corrected chi connectivity index (χ1v) is 8.75. The largest absolute Gasteiger partial charge is 0.442 e. The second-order valence-electron chi connectivity index (χ2n) is 6.29. The molecule has 2 aliphatic heterocycles. The maximum absolute atomic E-state index is 12.4. The summed E-state index contributed by atoms with van der Waals surface area (Å²) in [6.07, 6.45) is -2.48. The summed E-state index contributed by atoms with van der Waals surface area (Å²) in [6.45, 7) is 0.920. The predicted molar refractivity (Wildman–Crippen MR) is 95.6 cm³/mol. The highest BCUT2D eigenvalue weighted by Gasteiger charge is 2.32. The highest BCUT2D eigenvalue weighted by molar-refractivity contribution is 7.80. The molecule has 9 heteroatoms. The molecule has 2 fully saturated rings. The summed E-state index contributed by atoms with van der Waals surface area (Å²) in [5, 5.41) is 5.27. The lowest BCUT2D eigenvalue weighted by Crippen LogP contribution is -2.36. The molecule has 0 aromatic heterocycles. The van der Waals surface area contributed by atoms with E-state index in [9.17, 15) is 18.4 Å². The van der Waals surface area contributed by atoms with E-state index in [0.29, 0.717) is 18.7 Å². The quantitative estimate of drug-likeness (QED) is 0.763. The van der Waals surface area contributed by atoms with Gasteiger partial charge >= 0.3 is 6.09 Å². The van der Waals surface area contributed by atoms with Gasteiger partial charge in [0.25, 0.3) is 6.43 Å². The second kappa shape index (κ2) is 7.94. The van der Waals surface area contributed by atoms with Crippen molar-refractivity contribution in [1.29, 1.82) is 0 Å². The van der Waals surface area contributed by atoms with Gasteiger partial charge in [-0.2, -0.15) is 0 Å². The molecule has 1 aromatic rings. The van der Waals surface area contributed by atoms with Gasteiger partial charge in [0.2, 0.25) is 5.91 Å². The van der Waals surface area contributed by atoms with Crippen LogP contribution in [0.4, 0.5) is 19.3 Å². The summed E-state index contributed by atoms with van der Waals surface area (Å²) in [5.74, 6) is 0.336. The summed E-state index contributed by atoms with van der Waals surface area (Å²) < 4.78 is 30.0. The topological polar surface area (TPSA) is 70.7 Å². The van der Waals surface area contributed by atoms with Crippen LogP contribution in [0.15, 0.2) is 24.3 Å². The molecule has 2 N–H and O–H groups in total. The Hall–Kier alpha value is -2.29. The van der Waals surface area contributed by atoms with Crippen molar-refractivity contribution in [2.75, 3.05) is 24.5 Å². The number of carbonyl (C=O) groups is 2. The molecule has 0 spiro atoms. The van der Waals surface area contributed by atoms with Crippen molar-refractivity contribution in [3.05, 3.63) is 29.8 Å². The van der Waals surface area contributed by atoms with E-state index in [1.54, 1.807) is 0 Å². The monoisotopic (exact) mass is 383 g/mol. The fourth-order valence-electron chi connectivity index (χ4n) is 3.07. The van der Waals surface area contributed by atoms with Gasteiger partial charge in [-0.05, 0) is 24.1 Å². The SMILES string of the molecule is O=C1CCC(c2ccc(N3CC(CNC(=S)C(F)F)OC3=O)cc2)CN1. The van der Waals surface area contributed by atoms with E-state index in [-0.39, 0.29) is 24.9 Å². The van der Waals surface area contributed by atoms with Gasteiger partial charge < -0.3 is 15.4 Å². The van der Waals surface area contributed by atoms with Crippen LogP contribution < -0.4 is 15.5 Å². The zero-order valence-corrected chi connectivity index (χ0v) is 14.7. The molecule has 6 nitrogen and oxygen atoms in total. The zero-order valence-electron chi connectivity index (χ0n) is 13.9. The van der Waals surface area contributed by atoms with Gasteiger partial charge in [0.15, 0.2) is 0 Å². The number of nitrogens with zero attached hydrogens (tertiary/aromatic N) is 1. The van der Waals surface area contributed by atoms with Gasteiger partial charge in [-0.15, -0.1) is 0 Å². The number of rotatable bonds is 5. The fraction of sp³-hybridized carbons (Fsp3) is 0.471. The predicted octanol–water partition coefficient (Wildman–Crippen LogP) is 2.19. The first-order chi connectivity index (χ1) is 12.4. The molecule has 2 saturated heterocycles. The van der Waals surface area contributed by atoms with Crippen LogP contribution in [0.3, 0.4) is 0 Å². The fourth-order valence-corrected chi connectivity index (χ4v) is 3.16. The minimum Gasteiger partial charge on any atom is -0.442 e. The molecule has 3 rings (SSSR count). The standard InChI is InChI=1S/C17H19F2N3O3S/c18-15(19)16(26)21-8-13-9-22(17(24)25-13)12-4-1-10(2-5-12)11-3-6-14(23)20-7-11/h1-2,4-5,11,13,15H,3,6-9H2,(H,20,23)(H,21,26). The molecule has 26 heavy (non-hydrogen) atoms. The van der Waals surface area contributed by atoms with Crippen LogP contribution in [0.2, 0.25) is 0 Å². The van der Waals surface area contributed by atoms with Crippen LogP contribution in [0.1, 0.15) is 24.3 Å². The van der Waals surface area contributed by atoms with Crippen LogP contribution in [-0.2, 0) is 9.53 Å². The number of benzene rings is 1. The number of amides is 2. The molecule has 2 aliphatic rings. The highest BCUT2D eigenvalue weighted by Crippen LogP contribution is 2.27. The molecule has 0 aliphatic carbocycles. The number of nitrogens with one attached hydrogen (secondary N) is 2. The Kier molecular flexibility index (Phi) is 5.65. The van der Waals surface area contributed by atoms with Crippen LogP contribution >= 0.6 is 12.2 Å². The van der Waals surface area contributed by atoms with Crippen molar-refractivity contribution in [2.45, 2.75) is 31.3 Å². The molecule has 2 unspecified atom stereocenters. The summed E-state index contributed by atoms with van der Waals surface area (Å²) in [4.78, 5) is 24.2. The molecule has 1 aromatic carbocycles. The van der Waals surface area contributed by atoms with Crippen molar-refractivity contribution < 1.29 is 23.1 Å². The van der Waals surface area contributed by atoms with Gasteiger partial charge in [0.05, 0.1) is 13.1 Å². The third kappa shape index (κ3) is 4.27. The van der Waals surface area contributed by atoms with E-state index >= 15 is 0 Å². The average molecular weight is 383 g/mol. The van der Waals surface area contributed by atoms with Gasteiger partial charge in [-0.1, -0.05) is 24.4 Å². The van der Waals surface area contributed by atoms with Gasteiger partial charge in [-0.3, -0.25) is 9.69 Å². The molecule has 2 atom stereocenters. The van der Waals surface area contributed by atoms with Crippen LogP contribution in [0.5, 0.6) is 0 Å². The summed E-state index contributed by atoms with van der Waals surface area (Å²) in [6, 6.07) is 7.52. The maximum Gasteiger partial charge on any atom is 0.414 e. The molecular formula is C17H19F2N3O3S. The van der Waals surface area contributed by atoms with Crippen LogP contribution in [0.25, 0.3) is 0 Å². The first-order valence-electron chi connectivity index (χ1n) is 8.34. The number of hydrogen-bond acceptors (Lipinski definition) is 4. The zero-order chi connectivity index (χ0) is 18.7. The van der Waals surface area contributed by atoms with Crippen molar-refractivity contribution in [3.63, 3.8) is 0 Å². The first kappa shape index (κ1) is 18.5. The molecule has 2 heterocycles. The molecular weight excluding hydrogens is 364 g/mol. The summed E-state index contributed by atoms with van der Waals surface area (Å²) in [7, 11) is 0. The smallest absolute Gasteiger partial charge is 0.414 e. The average Bonchev–Trinajstić information content (AvgIpc) is 3.01. The van der Waals surface area contributed by atoms with Gasteiger partial charge in [0, 0.05) is 24.6 Å². The maximum atomic E-state index is 12.4. The van der Waals surface area contributed by atoms with Gasteiger partial charge in [-0.25, -0.2) is 13.6 Å². The Morgan fingerprint density at radius 2 is 2.08 bits per heavy atom. The number of carbonyl (C=O) groups excluding carboxylic acids is 2. The Morgan fingerprint density at radius 3 is 2.69 bits per heavy atom. The Balaban J connectivity index is 1.58. The number of alkyl halides is 2. The van der Waals surface area contributed by atoms with Crippen molar-refractivity contribution in [2.24, 2.45) is 0 Å². The lowest BCUT2D eigenvalue weighted by atomic mass is 9.91. The van der Waals surface area contributed by atoms with Crippen LogP contribution in [0, 0.1) is 0 Å². The van der Waals surface area contributed by atoms with E-state index in [1.165, 1.54) is 4.90 Å². The Morgan fingerprint density at radius 1 is 1.35 bits per heavy atom. The Labute approximate surface area is 154 Å². The van der Waals surface area contributed by atoms with E-state index in [1.807, 2.05) is 24.3 Å². The minimum absolute atomic E-state index is 0.0469. The highest BCUT2D eigenvalue weighted by atomic mass is 32.1. The molecule has 0 saturated carbocycles. The van der Waals surface area contributed by atoms with E-state index in [4.69, 9.17) is 4.74 Å². The molecule has 0 bridgehead atoms. The lowest BCUT2D eigenvalue weighted by Gasteiger charge is -2.23. The lowest BCUT2D eigenvalue weighted by molar-refractivity contribution is -0.122. The number of ether oxygens (including phenoxy) is 1. The third-order valence-electron chi connectivity index (χ3n) is 4.52. The third-order valence-corrected chi connectivity index (χ3v) is 4.84. The van der Waals surface area contributed by atoms with Crippen molar-refractivity contribution in [3.8, 4) is 0 Å². The number of piperidine rings is 1. The minimum atomic E-state index is -2.73. The van der Waals surface area contributed by atoms with Crippen LogP contribution in [-0.4, -0.2) is 49.2 Å². The Bertz CT molecular complexity index is 689. The summed E-state index contributed by atoms with van der Waals surface area (Å²) in [5.41, 5.74) is 1.78. The number of halogens is 2. The number of thiocarbonyl (C=S) groups is 1. The van der Waals surface area contributed by atoms with Crippen molar-refractivity contribution in [1.82, 2.24) is 10.6 Å². The second-order valence-corrected chi connectivity index (χ2v) is 6.73. The number of cyclic esters (lactones) is 1. The number of anilines is 1. The van der Waals surface area contributed by atoms with E-state index in [2.05, 4.69) is 22.9 Å². The summed E-state index contributed by atoms with van der Waals surface area (Å²) >= 11 is 4.51. The number of hydrogen-bond donors (Lipinski definition) is 2. The van der Waals surface area contributed by atoms with Crippen molar-refractivity contribution >= 4 is 34.9 Å². The molecule has 0 radical (unpaired) electrons. The molecule has 2 amide bonds.